The first-order chi connectivity index (χ1) is 5.00. The van der Waals surface area contributed by atoms with Crippen LogP contribution in [-0.4, -0.2) is 11.0 Å². The molecule has 0 aromatic heterocycles. The summed E-state index contributed by atoms with van der Waals surface area (Å²) in [5, 5.41) is 0. The maximum Gasteiger partial charge on any atom is 2.00 e. The fourth-order valence-electron chi connectivity index (χ4n) is 0.642. The van der Waals surface area contributed by atoms with Crippen molar-refractivity contribution in [1.82, 2.24) is 0 Å². The number of hydrogen-bond donors (Lipinski definition) is 0. The molecule has 0 spiro atoms. The number of hydrogen-bond acceptors (Lipinski definition) is 0. The predicted molar refractivity (Wildman–Crippen MR) is 54.0 cm³/mol. The molecular formula is C10H13SiZr. The van der Waals surface area contributed by atoms with Crippen LogP contribution in [-0.2, 0) is 26.2 Å². The zero-order valence-corrected chi connectivity index (χ0v) is 11.7. The van der Waals surface area contributed by atoms with E-state index in [-0.39, 0.29) is 37.2 Å². The molecule has 2 aromatic carbocycles. The van der Waals surface area contributed by atoms with Crippen molar-refractivity contribution in [3.05, 3.63) is 60.7 Å². The van der Waals surface area contributed by atoms with Gasteiger partial charge in [0.2, 0.25) is 0 Å². The van der Waals surface area contributed by atoms with Gasteiger partial charge in [-0.05, 0) is 11.0 Å². The molecule has 0 saturated carbocycles. The van der Waals surface area contributed by atoms with Gasteiger partial charge >= 0.3 is 26.2 Å². The average molecular weight is 253 g/mol. The van der Waals surface area contributed by atoms with E-state index < -0.39 is 0 Å². The summed E-state index contributed by atoms with van der Waals surface area (Å²) in [7, 11) is 0. The SMILES string of the molecule is [SiH3].[Zr+2].c1cc[cH-]c1.c1cc[cH-]c1. The Labute approximate surface area is 97.5 Å². The summed E-state index contributed by atoms with van der Waals surface area (Å²) in [6.45, 7) is 0. The Morgan fingerprint density at radius 2 is 0.833 bits per heavy atom. The van der Waals surface area contributed by atoms with E-state index in [0.29, 0.717) is 0 Å². The van der Waals surface area contributed by atoms with E-state index in [9.17, 15) is 0 Å². The zero-order chi connectivity index (χ0) is 7.07. The van der Waals surface area contributed by atoms with Gasteiger partial charge in [0.1, 0.15) is 0 Å². The van der Waals surface area contributed by atoms with E-state index in [1.807, 2.05) is 60.7 Å². The summed E-state index contributed by atoms with van der Waals surface area (Å²) in [4.78, 5) is 0. The van der Waals surface area contributed by atoms with Gasteiger partial charge in [0.05, 0.1) is 0 Å². The fourth-order valence-corrected chi connectivity index (χ4v) is 0.642. The van der Waals surface area contributed by atoms with Crippen molar-refractivity contribution in [2.24, 2.45) is 0 Å². The van der Waals surface area contributed by atoms with Gasteiger partial charge < -0.3 is 0 Å². The van der Waals surface area contributed by atoms with Crippen LogP contribution in [0.2, 0.25) is 0 Å². The van der Waals surface area contributed by atoms with E-state index in [0.717, 1.165) is 0 Å². The van der Waals surface area contributed by atoms with Crippen LogP contribution < -0.4 is 0 Å². The molecule has 0 nitrogen and oxygen atoms in total. The molecule has 0 saturated heterocycles. The second-order valence-corrected chi connectivity index (χ2v) is 1.92. The Morgan fingerprint density at radius 3 is 0.917 bits per heavy atom. The Balaban J connectivity index is 0. The van der Waals surface area contributed by atoms with Gasteiger partial charge in [-0.2, -0.15) is 36.4 Å². The van der Waals surface area contributed by atoms with E-state index in [4.69, 9.17) is 0 Å². The maximum atomic E-state index is 2.00. The van der Waals surface area contributed by atoms with Gasteiger partial charge in [-0.25, -0.2) is 24.3 Å². The van der Waals surface area contributed by atoms with Crippen molar-refractivity contribution in [1.29, 1.82) is 0 Å². The normalized spacial score (nSPS) is 6.67. The van der Waals surface area contributed by atoms with Crippen LogP contribution in [0.25, 0.3) is 0 Å². The van der Waals surface area contributed by atoms with E-state index in [2.05, 4.69) is 0 Å². The molecule has 0 aliphatic carbocycles. The molecule has 12 heavy (non-hydrogen) atoms. The van der Waals surface area contributed by atoms with Crippen molar-refractivity contribution >= 4 is 11.0 Å². The second kappa shape index (κ2) is 10.8. The van der Waals surface area contributed by atoms with Crippen LogP contribution in [0.15, 0.2) is 60.7 Å². The van der Waals surface area contributed by atoms with Crippen LogP contribution in [0.5, 0.6) is 0 Å². The molecule has 0 N–H and O–H groups in total. The van der Waals surface area contributed by atoms with E-state index in [1.165, 1.54) is 0 Å². The minimum absolute atomic E-state index is 0. The van der Waals surface area contributed by atoms with Crippen molar-refractivity contribution in [3.8, 4) is 0 Å². The minimum Gasteiger partial charge on any atom is -0.214 e. The Kier molecular flexibility index (Phi) is 12.9. The van der Waals surface area contributed by atoms with Gasteiger partial charge in [0.25, 0.3) is 0 Å². The fraction of sp³-hybridized carbons (Fsp3) is 0. The summed E-state index contributed by atoms with van der Waals surface area (Å²) >= 11 is 0. The minimum atomic E-state index is 0. The molecule has 0 heterocycles. The average Bonchev–Trinajstić information content (AvgIpc) is 2.67. The molecule has 0 aliphatic rings. The van der Waals surface area contributed by atoms with Crippen LogP contribution in [0.1, 0.15) is 0 Å². The smallest absolute Gasteiger partial charge is 0.214 e. The van der Waals surface area contributed by atoms with Crippen LogP contribution >= 0.6 is 0 Å². The van der Waals surface area contributed by atoms with Crippen LogP contribution in [0.3, 0.4) is 0 Å². The summed E-state index contributed by atoms with van der Waals surface area (Å²) in [6.07, 6.45) is 0. The molecule has 2 aromatic rings. The molecule has 0 bridgehead atoms. The Bertz CT molecular complexity index is 149. The van der Waals surface area contributed by atoms with Crippen molar-refractivity contribution < 1.29 is 26.2 Å². The van der Waals surface area contributed by atoms with E-state index in [1.54, 1.807) is 0 Å². The third-order valence-corrected chi connectivity index (χ3v) is 1.11. The van der Waals surface area contributed by atoms with Crippen molar-refractivity contribution in [2.75, 3.05) is 0 Å². The molecule has 2 heteroatoms. The molecule has 2 rings (SSSR count). The van der Waals surface area contributed by atoms with Gasteiger partial charge in [0, 0.05) is 0 Å². The van der Waals surface area contributed by atoms with Crippen molar-refractivity contribution in [3.63, 3.8) is 0 Å². The molecular weight excluding hydrogens is 239 g/mol. The predicted octanol–water partition coefficient (Wildman–Crippen LogP) is 1.62. The zero-order valence-electron chi connectivity index (χ0n) is 7.27. The van der Waals surface area contributed by atoms with Crippen LogP contribution in [0.4, 0.5) is 0 Å². The Morgan fingerprint density at radius 1 is 0.583 bits per heavy atom. The van der Waals surface area contributed by atoms with Crippen LogP contribution in [0, 0.1) is 0 Å². The maximum absolute atomic E-state index is 2.00. The summed E-state index contributed by atoms with van der Waals surface area (Å²) < 4.78 is 0. The molecule has 0 aliphatic heterocycles. The van der Waals surface area contributed by atoms with Gasteiger partial charge in [0.15, 0.2) is 0 Å². The van der Waals surface area contributed by atoms with Gasteiger partial charge in [-0.1, -0.05) is 0 Å². The monoisotopic (exact) mass is 251 g/mol. The molecule has 0 atom stereocenters. The second-order valence-electron chi connectivity index (χ2n) is 1.92. The first kappa shape index (κ1) is 14.3. The van der Waals surface area contributed by atoms with Gasteiger partial charge in [-0.3, -0.25) is 0 Å². The molecule has 0 fully saturated rings. The molecule has 61 valence electrons. The quantitative estimate of drug-likeness (QED) is 0.494. The summed E-state index contributed by atoms with van der Waals surface area (Å²) in [5.41, 5.74) is 0. The largest absolute Gasteiger partial charge is 2.00 e. The van der Waals surface area contributed by atoms with E-state index >= 15 is 0 Å². The molecule has 1 radical (unpaired) electrons. The molecule has 0 amide bonds. The Hall–Kier alpha value is -0.200. The first-order valence-corrected chi connectivity index (χ1v) is 3.33. The third-order valence-electron chi connectivity index (χ3n) is 1.11. The number of rotatable bonds is 0. The van der Waals surface area contributed by atoms with Crippen molar-refractivity contribution in [2.45, 2.75) is 0 Å². The third kappa shape index (κ3) is 7.90. The summed E-state index contributed by atoms with van der Waals surface area (Å²) in [6, 6.07) is 20.0. The molecule has 0 unspecified atom stereocenters. The standard InChI is InChI=1S/2C5H5.H3Si.Zr/c2*1-2-4-5-3-1;;/h2*1-5H;1H3;/q2*-1;;+2. The van der Waals surface area contributed by atoms with Gasteiger partial charge in [-0.15, -0.1) is 0 Å². The first-order valence-electron chi connectivity index (χ1n) is 3.33. The topological polar surface area (TPSA) is 0 Å². The summed E-state index contributed by atoms with van der Waals surface area (Å²) in [5.74, 6) is 0.